The van der Waals surface area contributed by atoms with Crippen molar-refractivity contribution in [1.29, 1.82) is 0 Å². The van der Waals surface area contributed by atoms with Crippen LogP contribution in [0.5, 0.6) is 0 Å². The average Bonchev–Trinajstić information content (AvgIpc) is 2.23. The third-order valence-corrected chi connectivity index (χ3v) is 2.22. The van der Waals surface area contributed by atoms with E-state index in [-0.39, 0.29) is 0 Å². The van der Waals surface area contributed by atoms with Crippen LogP contribution in [0.25, 0.3) is 0 Å². The number of methoxy groups -OCH3 is 1. The number of nitrogen functional groups attached to an aromatic ring is 1. The van der Waals surface area contributed by atoms with Gasteiger partial charge in [-0.2, -0.15) is 12.6 Å². The van der Waals surface area contributed by atoms with Crippen molar-refractivity contribution in [2.24, 2.45) is 0 Å². The number of thiol groups is 1. The Balaban J connectivity index is 2.49. The molecular weight excluding hydrogens is 210 g/mol. The molecule has 0 aliphatic heterocycles. The van der Waals surface area contributed by atoms with Crippen LogP contribution in [0.4, 0.5) is 11.5 Å². The van der Waals surface area contributed by atoms with Gasteiger partial charge in [-0.25, -0.2) is 4.98 Å². The van der Waals surface area contributed by atoms with Gasteiger partial charge in [0.2, 0.25) is 0 Å². The van der Waals surface area contributed by atoms with Crippen molar-refractivity contribution in [3.63, 3.8) is 0 Å². The van der Waals surface area contributed by atoms with E-state index < -0.39 is 0 Å². The average molecular weight is 227 g/mol. The van der Waals surface area contributed by atoms with Crippen LogP contribution in [0.1, 0.15) is 12.1 Å². The molecule has 0 atom stereocenters. The first-order valence-corrected chi connectivity index (χ1v) is 5.49. The first-order valence-electron chi connectivity index (χ1n) is 4.86. The van der Waals surface area contributed by atoms with Crippen LogP contribution in [-0.4, -0.2) is 25.2 Å². The molecule has 1 heterocycles. The van der Waals surface area contributed by atoms with Gasteiger partial charge < -0.3 is 15.8 Å². The summed E-state index contributed by atoms with van der Waals surface area (Å²) in [4.78, 5) is 4.34. The van der Waals surface area contributed by atoms with Crippen molar-refractivity contribution in [3.8, 4) is 0 Å². The Morgan fingerprint density at radius 1 is 1.53 bits per heavy atom. The van der Waals surface area contributed by atoms with Gasteiger partial charge in [-0.15, -0.1) is 0 Å². The van der Waals surface area contributed by atoms with Crippen LogP contribution in [-0.2, 0) is 10.5 Å². The van der Waals surface area contributed by atoms with E-state index in [2.05, 4.69) is 22.9 Å². The molecule has 3 N–H and O–H groups in total. The smallest absolute Gasteiger partial charge is 0.128 e. The molecule has 84 valence electrons. The second-order valence-electron chi connectivity index (χ2n) is 3.21. The molecule has 1 aromatic rings. The largest absolute Gasteiger partial charge is 0.399 e. The Kier molecular flexibility index (Phi) is 5.28. The molecule has 0 unspecified atom stereocenters. The summed E-state index contributed by atoms with van der Waals surface area (Å²) in [6, 6.07) is 3.65. The van der Waals surface area contributed by atoms with E-state index in [0.717, 1.165) is 31.1 Å². The molecular formula is C10H17N3OS. The maximum absolute atomic E-state index is 5.73. The number of nitrogens with one attached hydrogen (secondary N) is 1. The van der Waals surface area contributed by atoms with Gasteiger partial charge in [-0.3, -0.25) is 0 Å². The summed E-state index contributed by atoms with van der Waals surface area (Å²) in [5.41, 5.74) is 7.32. The van der Waals surface area contributed by atoms with E-state index >= 15 is 0 Å². The molecule has 4 nitrogen and oxygen atoms in total. The molecule has 0 aliphatic carbocycles. The SMILES string of the molecule is COCCCNc1cc(N)cc(CS)n1. The van der Waals surface area contributed by atoms with Gasteiger partial charge in [0, 0.05) is 37.8 Å². The summed E-state index contributed by atoms with van der Waals surface area (Å²) in [5, 5.41) is 3.19. The molecule has 1 aromatic heterocycles. The molecule has 0 amide bonds. The van der Waals surface area contributed by atoms with Gasteiger partial charge in [0.15, 0.2) is 0 Å². The van der Waals surface area contributed by atoms with E-state index in [1.54, 1.807) is 7.11 Å². The molecule has 0 aliphatic rings. The summed E-state index contributed by atoms with van der Waals surface area (Å²) in [7, 11) is 1.69. The lowest BCUT2D eigenvalue weighted by Crippen LogP contribution is -2.07. The number of nitrogens with two attached hydrogens (primary N) is 1. The van der Waals surface area contributed by atoms with Gasteiger partial charge in [-0.05, 0) is 12.5 Å². The van der Waals surface area contributed by atoms with Crippen molar-refractivity contribution in [2.75, 3.05) is 31.3 Å². The summed E-state index contributed by atoms with van der Waals surface area (Å²) >= 11 is 4.16. The number of hydrogen-bond donors (Lipinski definition) is 3. The lowest BCUT2D eigenvalue weighted by Gasteiger charge is -2.07. The van der Waals surface area contributed by atoms with Crippen molar-refractivity contribution in [1.82, 2.24) is 4.98 Å². The second kappa shape index (κ2) is 6.53. The number of rotatable bonds is 6. The number of ether oxygens (including phenoxy) is 1. The monoisotopic (exact) mass is 227 g/mol. The van der Waals surface area contributed by atoms with E-state index in [0.29, 0.717) is 11.4 Å². The lowest BCUT2D eigenvalue weighted by atomic mass is 10.3. The highest BCUT2D eigenvalue weighted by Gasteiger charge is 1.98. The van der Waals surface area contributed by atoms with Crippen molar-refractivity contribution >= 4 is 24.1 Å². The summed E-state index contributed by atoms with van der Waals surface area (Å²) in [5.74, 6) is 1.40. The fraction of sp³-hybridized carbons (Fsp3) is 0.500. The number of anilines is 2. The summed E-state index contributed by atoms with van der Waals surface area (Å²) in [6.07, 6.45) is 0.948. The van der Waals surface area contributed by atoms with Crippen molar-refractivity contribution in [2.45, 2.75) is 12.2 Å². The van der Waals surface area contributed by atoms with Gasteiger partial charge in [0.1, 0.15) is 5.82 Å². The van der Waals surface area contributed by atoms with E-state index in [4.69, 9.17) is 10.5 Å². The van der Waals surface area contributed by atoms with E-state index in [1.807, 2.05) is 12.1 Å². The van der Waals surface area contributed by atoms with Crippen LogP contribution in [0.3, 0.4) is 0 Å². The lowest BCUT2D eigenvalue weighted by molar-refractivity contribution is 0.198. The van der Waals surface area contributed by atoms with Gasteiger partial charge in [0.05, 0.1) is 5.69 Å². The van der Waals surface area contributed by atoms with Crippen LogP contribution in [0, 0.1) is 0 Å². The Labute approximate surface area is 95.6 Å². The summed E-state index contributed by atoms with van der Waals surface area (Å²) in [6.45, 7) is 1.57. The summed E-state index contributed by atoms with van der Waals surface area (Å²) < 4.78 is 4.95. The topological polar surface area (TPSA) is 60.2 Å². The molecule has 1 rings (SSSR count). The fourth-order valence-electron chi connectivity index (χ4n) is 1.22. The van der Waals surface area contributed by atoms with Crippen molar-refractivity contribution in [3.05, 3.63) is 17.8 Å². The molecule has 0 bridgehead atoms. The Morgan fingerprint density at radius 2 is 2.33 bits per heavy atom. The van der Waals surface area contributed by atoms with Crippen LogP contribution in [0.15, 0.2) is 12.1 Å². The predicted octanol–water partition coefficient (Wildman–Crippen LogP) is 1.54. The van der Waals surface area contributed by atoms with Gasteiger partial charge in [-0.1, -0.05) is 0 Å². The van der Waals surface area contributed by atoms with E-state index in [1.165, 1.54) is 0 Å². The highest BCUT2D eigenvalue weighted by molar-refractivity contribution is 7.79. The first-order chi connectivity index (χ1) is 7.26. The highest BCUT2D eigenvalue weighted by atomic mass is 32.1. The third-order valence-electron chi connectivity index (χ3n) is 1.89. The minimum absolute atomic E-state index is 0.595. The first kappa shape index (κ1) is 12.1. The maximum atomic E-state index is 5.73. The van der Waals surface area contributed by atoms with Crippen molar-refractivity contribution < 1.29 is 4.74 Å². The standard InChI is InChI=1S/C10H17N3OS/c1-14-4-2-3-12-10-6-8(11)5-9(7-15)13-10/h5-6,15H,2-4,7H2,1H3,(H3,11,12,13). The number of hydrogen-bond acceptors (Lipinski definition) is 5. The molecule has 5 heteroatoms. The number of aromatic nitrogens is 1. The second-order valence-corrected chi connectivity index (χ2v) is 3.52. The van der Waals surface area contributed by atoms with E-state index in [9.17, 15) is 0 Å². The minimum atomic E-state index is 0.595. The van der Waals surface area contributed by atoms with Gasteiger partial charge in [0.25, 0.3) is 0 Å². The maximum Gasteiger partial charge on any atom is 0.128 e. The molecule has 0 aromatic carbocycles. The zero-order valence-corrected chi connectivity index (χ0v) is 9.76. The molecule has 15 heavy (non-hydrogen) atoms. The quantitative estimate of drug-likeness (QED) is 0.509. The Hall–Kier alpha value is -0.940. The zero-order valence-electron chi connectivity index (χ0n) is 8.86. The highest BCUT2D eigenvalue weighted by Crippen LogP contribution is 2.13. The normalized spacial score (nSPS) is 10.3. The van der Waals surface area contributed by atoms with Gasteiger partial charge >= 0.3 is 0 Å². The third kappa shape index (κ3) is 4.40. The number of nitrogens with zero attached hydrogens (tertiary/aromatic N) is 1. The Bertz CT molecular complexity index is 307. The van der Waals surface area contributed by atoms with Crippen LogP contribution >= 0.6 is 12.6 Å². The fourth-order valence-corrected chi connectivity index (χ4v) is 1.38. The zero-order chi connectivity index (χ0) is 11.1. The predicted molar refractivity (Wildman–Crippen MR) is 66.3 cm³/mol. The molecule has 0 radical (unpaired) electrons. The van der Waals surface area contributed by atoms with Crippen LogP contribution in [0.2, 0.25) is 0 Å². The number of pyridine rings is 1. The molecule has 0 saturated heterocycles. The molecule has 0 fully saturated rings. The molecule has 0 spiro atoms. The van der Waals surface area contributed by atoms with Crippen LogP contribution < -0.4 is 11.1 Å². The Morgan fingerprint density at radius 3 is 3.00 bits per heavy atom. The minimum Gasteiger partial charge on any atom is -0.399 e. The molecule has 0 saturated carbocycles.